The van der Waals surface area contributed by atoms with E-state index >= 15 is 0 Å². The number of halogens is 4. The number of carbonyl (C=O) groups is 3. The molecule has 12 heteroatoms. The number of fused-ring (bicyclic) bond motifs is 1. The molecule has 236 valence electrons. The number of hydrogen-bond acceptors (Lipinski definition) is 8. The summed E-state index contributed by atoms with van der Waals surface area (Å²) in [5.41, 5.74) is 1.49. The molecule has 2 N–H and O–H groups in total. The van der Waals surface area contributed by atoms with Crippen LogP contribution in [-0.4, -0.2) is 41.3 Å². The molecule has 0 aromatic heterocycles. The maximum Gasteiger partial charge on any atom is 0.340 e. The van der Waals surface area contributed by atoms with E-state index < -0.39 is 23.5 Å². The van der Waals surface area contributed by atoms with Crippen molar-refractivity contribution in [2.75, 3.05) is 13.2 Å². The van der Waals surface area contributed by atoms with Crippen molar-refractivity contribution in [2.45, 2.75) is 5.60 Å². The van der Waals surface area contributed by atoms with Crippen LogP contribution in [0.3, 0.4) is 0 Å². The number of benzene rings is 4. The summed E-state index contributed by atoms with van der Waals surface area (Å²) in [5.74, 6) is -1.52. The lowest BCUT2D eigenvalue weighted by atomic mass is 9.80. The van der Waals surface area contributed by atoms with E-state index in [1.54, 1.807) is 48.5 Å². The SMILES string of the molecule is C=CCOC(=O)c1ccccc1C(=O)OCC=C.O=C1OC(c2cc(Br)c(O)c(Br)c2)(c2cc(Br)c(O)c(Br)c2)c2ccccc21. The fourth-order valence-electron chi connectivity index (χ4n) is 4.61. The van der Waals surface area contributed by atoms with Gasteiger partial charge in [-0.05, 0) is 106 Å². The molecule has 5 rings (SSSR count). The smallest absolute Gasteiger partial charge is 0.340 e. The molecule has 1 aliphatic rings. The minimum Gasteiger partial charge on any atom is -0.506 e. The van der Waals surface area contributed by atoms with Crippen molar-refractivity contribution >= 4 is 81.6 Å². The zero-order valence-corrected chi connectivity index (χ0v) is 30.1. The Morgan fingerprint density at radius 1 is 0.717 bits per heavy atom. The summed E-state index contributed by atoms with van der Waals surface area (Å²) >= 11 is 13.4. The van der Waals surface area contributed by atoms with Crippen LogP contribution in [0.1, 0.15) is 47.8 Å². The van der Waals surface area contributed by atoms with Crippen LogP contribution >= 0.6 is 63.7 Å². The Morgan fingerprint density at radius 2 is 1.11 bits per heavy atom. The second-order valence-corrected chi connectivity index (χ2v) is 12.9. The first kappa shape index (κ1) is 35.1. The van der Waals surface area contributed by atoms with Crippen LogP contribution in [-0.2, 0) is 19.8 Å². The van der Waals surface area contributed by atoms with Crippen LogP contribution in [0.5, 0.6) is 11.5 Å². The van der Waals surface area contributed by atoms with E-state index in [0.717, 1.165) is 0 Å². The van der Waals surface area contributed by atoms with Gasteiger partial charge in [-0.2, -0.15) is 0 Å². The van der Waals surface area contributed by atoms with Gasteiger partial charge < -0.3 is 24.4 Å². The number of cyclic esters (lactones) is 1. The highest BCUT2D eigenvalue weighted by atomic mass is 79.9. The van der Waals surface area contributed by atoms with Gasteiger partial charge in [-0.3, -0.25) is 0 Å². The number of ether oxygens (including phenoxy) is 3. The highest BCUT2D eigenvalue weighted by Gasteiger charge is 2.49. The standard InChI is InChI=1S/C20H10Br4O4.C14H14O4/c21-13-5-9(6-14(22)17(13)25)20(10-7-15(23)18(26)16(24)8-10)12-4-2-1-3-11(12)19(27)28-20;1-3-9-17-13(15)11-7-5-6-8-12(11)14(16)18-10-4-2/h1-8,25-26H;3-8H,1-2,9-10H2. The van der Waals surface area contributed by atoms with Gasteiger partial charge >= 0.3 is 17.9 Å². The lowest BCUT2D eigenvalue weighted by Gasteiger charge is -2.31. The molecule has 4 aromatic rings. The van der Waals surface area contributed by atoms with Crippen LogP contribution in [0, 0.1) is 0 Å². The molecule has 0 bridgehead atoms. The molecule has 46 heavy (non-hydrogen) atoms. The van der Waals surface area contributed by atoms with Gasteiger partial charge in [0.2, 0.25) is 0 Å². The number of rotatable bonds is 8. The highest BCUT2D eigenvalue weighted by Crippen LogP contribution is 2.51. The molecule has 0 saturated carbocycles. The summed E-state index contributed by atoms with van der Waals surface area (Å²) in [6, 6.07) is 20.3. The number of phenolic OH excluding ortho intramolecular Hbond substituents is 2. The molecular weight excluding hydrogens is 856 g/mol. The van der Waals surface area contributed by atoms with Crippen LogP contribution in [0.4, 0.5) is 0 Å². The summed E-state index contributed by atoms with van der Waals surface area (Å²) in [5, 5.41) is 20.3. The van der Waals surface area contributed by atoms with Crippen LogP contribution in [0.2, 0.25) is 0 Å². The molecular formula is C34H24Br4O8. The number of carbonyl (C=O) groups excluding carboxylic acids is 3. The fourth-order valence-corrected chi connectivity index (χ4v) is 6.99. The van der Waals surface area contributed by atoms with Gasteiger partial charge in [-0.1, -0.05) is 55.6 Å². The molecule has 0 saturated heterocycles. The molecule has 0 atom stereocenters. The van der Waals surface area contributed by atoms with Crippen molar-refractivity contribution in [2.24, 2.45) is 0 Å². The summed E-state index contributed by atoms with van der Waals surface area (Å²) in [6.45, 7) is 7.07. The minimum atomic E-state index is -1.26. The lowest BCUT2D eigenvalue weighted by molar-refractivity contribution is 0.0250. The summed E-state index contributed by atoms with van der Waals surface area (Å²) in [4.78, 5) is 36.1. The second kappa shape index (κ2) is 15.3. The molecule has 0 radical (unpaired) electrons. The third kappa shape index (κ3) is 7.15. The monoisotopic (exact) mass is 876 g/mol. The number of phenols is 2. The van der Waals surface area contributed by atoms with E-state index in [2.05, 4.69) is 76.9 Å². The van der Waals surface area contributed by atoms with E-state index in [0.29, 0.717) is 40.1 Å². The molecule has 1 heterocycles. The normalized spacial score (nSPS) is 12.6. The van der Waals surface area contributed by atoms with Crippen molar-refractivity contribution in [3.8, 4) is 11.5 Å². The van der Waals surface area contributed by atoms with Gasteiger partial charge in [0.15, 0.2) is 5.60 Å². The minimum absolute atomic E-state index is 0.0459. The molecule has 1 aliphatic heterocycles. The second-order valence-electron chi connectivity index (χ2n) is 9.51. The lowest BCUT2D eigenvalue weighted by Crippen LogP contribution is -2.29. The maximum atomic E-state index is 12.7. The van der Waals surface area contributed by atoms with E-state index in [4.69, 9.17) is 14.2 Å². The molecule has 4 aromatic carbocycles. The highest BCUT2D eigenvalue weighted by molar-refractivity contribution is 9.11. The van der Waals surface area contributed by atoms with Gasteiger partial charge in [0.05, 0.1) is 34.6 Å². The van der Waals surface area contributed by atoms with Gasteiger partial charge in [0, 0.05) is 16.7 Å². The van der Waals surface area contributed by atoms with Gasteiger partial charge in [0.25, 0.3) is 0 Å². The Balaban J connectivity index is 0.000000232. The third-order valence-electron chi connectivity index (χ3n) is 6.65. The van der Waals surface area contributed by atoms with E-state index in [1.807, 2.05) is 12.1 Å². The maximum absolute atomic E-state index is 12.7. The molecule has 0 spiro atoms. The quantitative estimate of drug-likeness (QED) is 0.102. The Kier molecular flexibility index (Phi) is 11.7. The third-order valence-corrected chi connectivity index (χ3v) is 9.07. The summed E-state index contributed by atoms with van der Waals surface area (Å²) < 4.78 is 17.6. The van der Waals surface area contributed by atoms with Crippen molar-refractivity contribution < 1.29 is 38.8 Å². The van der Waals surface area contributed by atoms with Crippen molar-refractivity contribution in [1.29, 1.82) is 0 Å². The number of hydrogen-bond donors (Lipinski definition) is 2. The van der Waals surface area contributed by atoms with Gasteiger partial charge in [-0.15, -0.1) is 0 Å². The molecule has 0 aliphatic carbocycles. The first-order valence-electron chi connectivity index (χ1n) is 13.3. The topological polar surface area (TPSA) is 119 Å². The first-order valence-corrected chi connectivity index (χ1v) is 16.5. The largest absolute Gasteiger partial charge is 0.506 e. The Labute approximate surface area is 298 Å². The van der Waals surface area contributed by atoms with Crippen LogP contribution in [0.15, 0.2) is 116 Å². The van der Waals surface area contributed by atoms with Crippen molar-refractivity contribution in [3.63, 3.8) is 0 Å². The number of aromatic hydroxyl groups is 2. The molecule has 0 unspecified atom stereocenters. The average Bonchev–Trinajstić information content (AvgIpc) is 3.36. The molecule has 0 fully saturated rings. The zero-order chi connectivity index (χ0) is 33.6. The number of esters is 3. The Morgan fingerprint density at radius 3 is 1.52 bits per heavy atom. The van der Waals surface area contributed by atoms with Crippen molar-refractivity contribution in [3.05, 3.63) is 149 Å². The summed E-state index contributed by atoms with van der Waals surface area (Å²) in [6.07, 6.45) is 2.91. The zero-order valence-electron chi connectivity index (χ0n) is 23.8. The molecule has 0 amide bonds. The Hall–Kier alpha value is -3.71. The predicted molar refractivity (Wildman–Crippen MR) is 186 cm³/mol. The predicted octanol–water partition coefficient (Wildman–Crippen LogP) is 8.98. The fraction of sp³-hybridized carbons (Fsp3) is 0.0882. The summed E-state index contributed by atoms with van der Waals surface area (Å²) in [7, 11) is 0. The van der Waals surface area contributed by atoms with E-state index in [1.165, 1.54) is 24.3 Å². The van der Waals surface area contributed by atoms with Crippen LogP contribution < -0.4 is 0 Å². The van der Waals surface area contributed by atoms with Crippen LogP contribution in [0.25, 0.3) is 0 Å². The van der Waals surface area contributed by atoms with E-state index in [-0.39, 0.29) is 35.8 Å². The Bertz CT molecular complexity index is 1710. The van der Waals surface area contributed by atoms with Gasteiger partial charge in [0.1, 0.15) is 24.7 Å². The molecule has 8 nitrogen and oxygen atoms in total. The average molecular weight is 880 g/mol. The van der Waals surface area contributed by atoms with E-state index in [9.17, 15) is 24.6 Å². The van der Waals surface area contributed by atoms with Gasteiger partial charge in [-0.25, -0.2) is 14.4 Å². The van der Waals surface area contributed by atoms with Crippen molar-refractivity contribution in [1.82, 2.24) is 0 Å². The first-order chi connectivity index (χ1) is 22.0.